The lowest BCUT2D eigenvalue weighted by atomic mass is 10.1. The quantitative estimate of drug-likeness (QED) is 0.274. The van der Waals surface area contributed by atoms with Gasteiger partial charge in [0.05, 0.1) is 18.9 Å². The first-order valence-electron chi connectivity index (χ1n) is 13.2. The molecule has 6 rings (SSSR count). The zero-order valence-electron chi connectivity index (χ0n) is 22.1. The molecule has 3 aromatic heterocycles. The number of fused-ring (bicyclic) bond motifs is 1. The van der Waals surface area contributed by atoms with E-state index in [1.807, 2.05) is 67.6 Å². The van der Waals surface area contributed by atoms with E-state index < -0.39 is 0 Å². The highest BCUT2D eigenvalue weighted by molar-refractivity contribution is 7.21. The van der Waals surface area contributed by atoms with Crippen molar-refractivity contribution in [2.75, 3.05) is 50.0 Å². The Bertz CT molecular complexity index is 1620. The number of pyridine rings is 1. The molecule has 0 aliphatic carbocycles. The first-order valence-corrected chi connectivity index (χ1v) is 14.1. The van der Waals surface area contributed by atoms with Crippen molar-refractivity contribution in [1.82, 2.24) is 24.8 Å². The van der Waals surface area contributed by atoms with Crippen LogP contribution in [0, 0.1) is 6.92 Å². The van der Waals surface area contributed by atoms with Gasteiger partial charge in [-0.3, -0.25) is 9.69 Å². The van der Waals surface area contributed by atoms with Crippen LogP contribution in [0.2, 0.25) is 0 Å². The van der Waals surface area contributed by atoms with Crippen LogP contribution in [0.15, 0.2) is 72.9 Å². The Morgan fingerprint density at radius 1 is 1.00 bits per heavy atom. The zero-order valence-corrected chi connectivity index (χ0v) is 22.9. The van der Waals surface area contributed by atoms with Gasteiger partial charge in [-0.15, -0.1) is 0 Å². The lowest BCUT2D eigenvalue weighted by Gasteiger charge is -2.26. The second-order valence-corrected chi connectivity index (χ2v) is 10.5. The van der Waals surface area contributed by atoms with Crippen LogP contribution in [0.1, 0.15) is 16.1 Å². The Labute approximate surface area is 236 Å². The fraction of sp³-hybridized carbons (Fsp3) is 0.233. The molecule has 4 heterocycles. The molecule has 1 aliphatic heterocycles. The zero-order chi connectivity index (χ0) is 27.3. The lowest BCUT2D eigenvalue weighted by molar-refractivity contribution is 0.0398. The van der Waals surface area contributed by atoms with Gasteiger partial charge in [0.25, 0.3) is 5.91 Å². The topological polar surface area (TPSA) is 105 Å². The Hall–Kier alpha value is -4.25. The SMILES string of the molecule is Cc1cccc(-c2nc(NCCN3CCOCC3)cc(C(=O)Nc3ccccc3-c3nc4cccnc4s3)n2)c1. The Morgan fingerprint density at radius 3 is 2.73 bits per heavy atom. The molecule has 9 nitrogen and oxygen atoms in total. The van der Waals surface area contributed by atoms with Gasteiger partial charge in [-0.1, -0.05) is 47.2 Å². The maximum absolute atomic E-state index is 13.6. The molecule has 1 aliphatic rings. The molecule has 1 fully saturated rings. The highest BCUT2D eigenvalue weighted by atomic mass is 32.1. The van der Waals surface area contributed by atoms with Gasteiger partial charge in [0.2, 0.25) is 0 Å². The molecule has 1 amide bonds. The molecule has 2 N–H and O–H groups in total. The number of morpholine rings is 1. The normalized spacial score (nSPS) is 13.8. The van der Waals surface area contributed by atoms with Crippen molar-refractivity contribution < 1.29 is 9.53 Å². The predicted molar refractivity (Wildman–Crippen MR) is 159 cm³/mol. The minimum absolute atomic E-state index is 0.279. The third-order valence-corrected chi connectivity index (χ3v) is 7.66. The molecule has 0 saturated carbocycles. The summed E-state index contributed by atoms with van der Waals surface area (Å²) in [6.07, 6.45) is 1.76. The number of para-hydroxylation sites is 1. The number of carbonyl (C=O) groups excluding carboxylic acids is 1. The van der Waals surface area contributed by atoms with Gasteiger partial charge < -0.3 is 15.4 Å². The molecule has 0 spiro atoms. The molecule has 1 saturated heterocycles. The van der Waals surface area contributed by atoms with E-state index in [2.05, 4.69) is 25.5 Å². The summed E-state index contributed by atoms with van der Waals surface area (Å²) in [6, 6.07) is 21.1. The summed E-state index contributed by atoms with van der Waals surface area (Å²) in [5.74, 6) is 0.783. The molecule has 202 valence electrons. The molecule has 5 aromatic rings. The summed E-state index contributed by atoms with van der Waals surface area (Å²) in [4.78, 5) is 35.4. The second-order valence-electron chi connectivity index (χ2n) is 9.56. The van der Waals surface area contributed by atoms with E-state index in [1.54, 1.807) is 12.3 Å². The summed E-state index contributed by atoms with van der Waals surface area (Å²) < 4.78 is 5.45. The molecule has 10 heteroatoms. The first-order chi connectivity index (χ1) is 19.6. The van der Waals surface area contributed by atoms with Crippen molar-refractivity contribution in [2.45, 2.75) is 6.92 Å². The summed E-state index contributed by atoms with van der Waals surface area (Å²) in [5, 5.41) is 7.25. The third-order valence-electron chi connectivity index (χ3n) is 6.64. The van der Waals surface area contributed by atoms with Crippen LogP contribution in [0.3, 0.4) is 0 Å². The Kier molecular flexibility index (Phi) is 7.71. The average Bonchev–Trinajstić information content (AvgIpc) is 3.42. The summed E-state index contributed by atoms with van der Waals surface area (Å²) >= 11 is 1.49. The van der Waals surface area contributed by atoms with Gasteiger partial charge in [0.1, 0.15) is 26.9 Å². The Balaban J connectivity index is 1.28. The van der Waals surface area contributed by atoms with Crippen LogP contribution in [0.4, 0.5) is 11.5 Å². The fourth-order valence-electron chi connectivity index (χ4n) is 4.58. The number of nitrogens with one attached hydrogen (secondary N) is 2. The van der Waals surface area contributed by atoms with Crippen molar-refractivity contribution in [1.29, 1.82) is 0 Å². The second kappa shape index (κ2) is 11.9. The number of nitrogens with zero attached hydrogens (tertiary/aromatic N) is 5. The summed E-state index contributed by atoms with van der Waals surface area (Å²) in [5.41, 5.74) is 4.54. The molecule has 0 radical (unpaired) electrons. The van der Waals surface area contributed by atoms with E-state index in [9.17, 15) is 4.79 Å². The molecular weight excluding hydrogens is 522 g/mol. The van der Waals surface area contributed by atoms with Gasteiger partial charge in [0, 0.05) is 49.6 Å². The van der Waals surface area contributed by atoms with Crippen LogP contribution in [0.5, 0.6) is 0 Å². The number of aryl methyl sites for hydroxylation is 1. The number of aromatic nitrogens is 4. The van der Waals surface area contributed by atoms with Gasteiger partial charge >= 0.3 is 0 Å². The number of hydrogen-bond acceptors (Lipinski definition) is 9. The molecule has 40 heavy (non-hydrogen) atoms. The number of amides is 1. The van der Waals surface area contributed by atoms with Crippen LogP contribution < -0.4 is 10.6 Å². The molecule has 0 atom stereocenters. The van der Waals surface area contributed by atoms with Crippen LogP contribution in [-0.4, -0.2) is 70.1 Å². The summed E-state index contributed by atoms with van der Waals surface area (Å²) in [7, 11) is 0. The standard InChI is InChI=1S/C30H29N7O2S/c1-20-6-4-7-21(18-20)27-33-25(19-26(36-27)31-12-13-37-14-16-39-17-15-37)28(38)34-23-9-3-2-8-22(23)29-35-24-10-5-11-32-30(24)40-29/h2-11,18-19H,12-17H2,1H3,(H,34,38)(H,31,33,36). The largest absolute Gasteiger partial charge is 0.379 e. The van der Waals surface area contributed by atoms with Crippen molar-refractivity contribution in [3.63, 3.8) is 0 Å². The number of rotatable bonds is 8. The fourth-order valence-corrected chi connectivity index (χ4v) is 5.53. The van der Waals surface area contributed by atoms with E-state index in [-0.39, 0.29) is 11.6 Å². The van der Waals surface area contributed by atoms with Gasteiger partial charge in [-0.05, 0) is 37.3 Å². The number of benzene rings is 2. The van der Waals surface area contributed by atoms with E-state index in [0.717, 1.165) is 64.9 Å². The number of ether oxygens (including phenoxy) is 1. The monoisotopic (exact) mass is 551 g/mol. The molecule has 0 bridgehead atoms. The van der Waals surface area contributed by atoms with Crippen molar-refractivity contribution in [2.24, 2.45) is 0 Å². The maximum atomic E-state index is 13.6. The van der Waals surface area contributed by atoms with E-state index in [4.69, 9.17) is 14.7 Å². The predicted octanol–water partition coefficient (Wildman–Crippen LogP) is 5.12. The van der Waals surface area contributed by atoms with Crippen LogP contribution >= 0.6 is 11.3 Å². The molecule has 0 unspecified atom stereocenters. The molecule has 2 aromatic carbocycles. The van der Waals surface area contributed by atoms with Crippen LogP contribution in [-0.2, 0) is 4.74 Å². The summed E-state index contributed by atoms with van der Waals surface area (Å²) in [6.45, 7) is 6.92. The number of carbonyl (C=O) groups is 1. The maximum Gasteiger partial charge on any atom is 0.274 e. The van der Waals surface area contributed by atoms with Gasteiger partial charge in [-0.25, -0.2) is 19.9 Å². The lowest BCUT2D eigenvalue weighted by Crippen LogP contribution is -2.39. The number of thiazole rings is 1. The smallest absolute Gasteiger partial charge is 0.274 e. The minimum atomic E-state index is -0.320. The first kappa shape index (κ1) is 26.0. The van der Waals surface area contributed by atoms with Gasteiger partial charge in [-0.2, -0.15) is 0 Å². The highest BCUT2D eigenvalue weighted by Crippen LogP contribution is 2.34. The molecular formula is C30H29N7O2S. The van der Waals surface area contributed by atoms with E-state index >= 15 is 0 Å². The van der Waals surface area contributed by atoms with Crippen LogP contribution in [0.25, 0.3) is 32.3 Å². The Morgan fingerprint density at radius 2 is 1.88 bits per heavy atom. The van der Waals surface area contributed by atoms with E-state index in [1.165, 1.54) is 11.3 Å². The average molecular weight is 552 g/mol. The number of anilines is 2. The number of hydrogen-bond donors (Lipinski definition) is 2. The third kappa shape index (κ3) is 5.99. The van der Waals surface area contributed by atoms with Crippen molar-refractivity contribution >= 4 is 39.1 Å². The highest BCUT2D eigenvalue weighted by Gasteiger charge is 2.18. The van der Waals surface area contributed by atoms with Crippen molar-refractivity contribution in [3.05, 3.63) is 84.2 Å². The van der Waals surface area contributed by atoms with Crippen molar-refractivity contribution in [3.8, 4) is 22.0 Å². The van der Waals surface area contributed by atoms with Gasteiger partial charge in [0.15, 0.2) is 5.82 Å². The minimum Gasteiger partial charge on any atom is -0.379 e. The van der Waals surface area contributed by atoms with E-state index in [0.29, 0.717) is 23.9 Å².